The van der Waals surface area contributed by atoms with Gasteiger partial charge >= 0.3 is 0 Å². The maximum atomic E-state index is 5.07. The summed E-state index contributed by atoms with van der Waals surface area (Å²) < 4.78 is 7.27. The van der Waals surface area contributed by atoms with Crippen LogP contribution in [0.5, 0.6) is 5.75 Å². The van der Waals surface area contributed by atoms with E-state index < -0.39 is 0 Å². The van der Waals surface area contributed by atoms with Gasteiger partial charge in [-0.3, -0.25) is 0 Å². The average molecular weight is 313 g/mol. The molecule has 0 amide bonds. The van der Waals surface area contributed by atoms with E-state index in [0.717, 1.165) is 13.8 Å². The molecule has 0 heterocycles. The molecule has 1 aromatic rings. The van der Waals surface area contributed by atoms with Crippen LogP contribution in [-0.4, -0.2) is 7.11 Å². The van der Waals surface area contributed by atoms with Crippen molar-refractivity contribution < 1.29 is 4.74 Å². The molecule has 0 N–H and O–H groups in total. The Morgan fingerprint density at radius 2 is 2.20 bits per heavy atom. The number of hydrogen-bond acceptors (Lipinski definition) is 1. The summed E-state index contributed by atoms with van der Waals surface area (Å²) >= 11 is 5.60. The van der Waals surface area contributed by atoms with E-state index in [1.807, 2.05) is 18.2 Å². The molecule has 10 heavy (non-hydrogen) atoms. The van der Waals surface area contributed by atoms with Crippen LogP contribution >= 0.6 is 38.5 Å². The van der Waals surface area contributed by atoms with Gasteiger partial charge in [0.05, 0.1) is 10.7 Å². The molecule has 0 radical (unpaired) electrons. The van der Waals surface area contributed by atoms with E-state index >= 15 is 0 Å². The number of halogens is 2. The fourth-order valence-electron chi connectivity index (χ4n) is 0.641. The summed E-state index contributed by atoms with van der Waals surface area (Å²) in [6.07, 6.45) is 0. The molecule has 1 aromatic carbocycles. The van der Waals surface area contributed by atoms with Crippen LogP contribution in [0.4, 0.5) is 0 Å². The maximum absolute atomic E-state index is 5.07. The van der Waals surface area contributed by atoms with Gasteiger partial charge in [0, 0.05) is 4.47 Å². The Morgan fingerprint density at radius 3 is 2.70 bits per heavy atom. The number of hydrogen-bond donors (Lipinski definition) is 0. The molecule has 0 aliphatic heterocycles. The first-order chi connectivity index (χ1) is 4.74. The number of benzene rings is 1. The molecule has 0 aliphatic rings. The van der Waals surface area contributed by atoms with Gasteiger partial charge in [0.2, 0.25) is 0 Å². The molecule has 0 aromatic heterocycles. The lowest BCUT2D eigenvalue weighted by molar-refractivity contribution is 0.411. The van der Waals surface area contributed by atoms with Crippen LogP contribution < -0.4 is 4.74 Å². The van der Waals surface area contributed by atoms with Crippen molar-refractivity contribution in [2.24, 2.45) is 0 Å². The van der Waals surface area contributed by atoms with Crippen LogP contribution in [0, 0.1) is 3.57 Å². The van der Waals surface area contributed by atoms with Crippen molar-refractivity contribution in [3.8, 4) is 5.75 Å². The van der Waals surface area contributed by atoms with E-state index in [2.05, 4.69) is 38.5 Å². The van der Waals surface area contributed by atoms with Gasteiger partial charge in [-0.05, 0) is 40.8 Å². The second-order valence-electron chi connectivity index (χ2n) is 1.78. The summed E-state index contributed by atoms with van der Waals surface area (Å²) in [5.74, 6) is 0.920. The molecule has 1 nitrogen and oxygen atoms in total. The highest BCUT2D eigenvalue weighted by molar-refractivity contribution is 14.1. The van der Waals surface area contributed by atoms with Gasteiger partial charge in [-0.2, -0.15) is 0 Å². The van der Waals surface area contributed by atoms with Crippen molar-refractivity contribution in [3.05, 3.63) is 26.2 Å². The summed E-state index contributed by atoms with van der Waals surface area (Å²) in [4.78, 5) is 0. The summed E-state index contributed by atoms with van der Waals surface area (Å²) in [7, 11) is 1.67. The van der Waals surface area contributed by atoms with Gasteiger partial charge in [0.15, 0.2) is 0 Å². The van der Waals surface area contributed by atoms with Crippen molar-refractivity contribution in [1.82, 2.24) is 0 Å². The molecule has 54 valence electrons. The molecule has 0 saturated carbocycles. The molecular formula is C7H6BrIO. The van der Waals surface area contributed by atoms with E-state index in [9.17, 15) is 0 Å². The largest absolute Gasteiger partial charge is 0.496 e. The van der Waals surface area contributed by atoms with Crippen molar-refractivity contribution >= 4 is 38.5 Å². The highest BCUT2D eigenvalue weighted by Crippen LogP contribution is 2.23. The number of methoxy groups -OCH3 is 1. The van der Waals surface area contributed by atoms with E-state index in [-0.39, 0.29) is 0 Å². The zero-order valence-electron chi connectivity index (χ0n) is 5.40. The minimum Gasteiger partial charge on any atom is -0.496 e. The minimum absolute atomic E-state index is 0.920. The van der Waals surface area contributed by atoms with Gasteiger partial charge in [0.25, 0.3) is 0 Å². The Kier molecular flexibility index (Phi) is 2.97. The van der Waals surface area contributed by atoms with Crippen molar-refractivity contribution in [2.75, 3.05) is 7.11 Å². The Hall–Kier alpha value is 0.230. The van der Waals surface area contributed by atoms with Gasteiger partial charge < -0.3 is 4.74 Å². The molecule has 0 bridgehead atoms. The summed E-state index contributed by atoms with van der Waals surface area (Å²) in [5, 5.41) is 0. The van der Waals surface area contributed by atoms with Gasteiger partial charge in [0.1, 0.15) is 5.75 Å². The van der Waals surface area contributed by atoms with E-state index in [1.165, 1.54) is 0 Å². The van der Waals surface area contributed by atoms with Crippen molar-refractivity contribution in [3.63, 3.8) is 0 Å². The third kappa shape index (κ3) is 1.85. The van der Waals surface area contributed by atoms with Crippen LogP contribution in [0.25, 0.3) is 0 Å². The Labute approximate surface area is 82.0 Å². The van der Waals surface area contributed by atoms with Crippen molar-refractivity contribution in [2.45, 2.75) is 0 Å². The monoisotopic (exact) mass is 312 g/mol. The molecule has 0 spiro atoms. The predicted molar refractivity (Wildman–Crippen MR) is 53.4 cm³/mol. The zero-order valence-corrected chi connectivity index (χ0v) is 9.14. The summed E-state index contributed by atoms with van der Waals surface area (Å²) in [5.41, 5.74) is 0. The molecular weight excluding hydrogens is 307 g/mol. The smallest absolute Gasteiger partial charge is 0.132 e. The zero-order chi connectivity index (χ0) is 7.56. The van der Waals surface area contributed by atoms with E-state index in [1.54, 1.807) is 7.11 Å². The van der Waals surface area contributed by atoms with Crippen molar-refractivity contribution in [1.29, 1.82) is 0 Å². The standard InChI is InChI=1S/C7H6BrIO/c1-10-7-3-2-5(8)4-6(7)9/h2-4H,1H3. The number of rotatable bonds is 1. The highest BCUT2D eigenvalue weighted by Gasteiger charge is 1.97. The lowest BCUT2D eigenvalue weighted by atomic mass is 10.3. The van der Waals surface area contributed by atoms with Crippen LogP contribution in [0.3, 0.4) is 0 Å². The van der Waals surface area contributed by atoms with E-state index in [0.29, 0.717) is 0 Å². The molecule has 0 fully saturated rings. The average Bonchev–Trinajstić information content (AvgIpc) is 1.88. The topological polar surface area (TPSA) is 9.23 Å². The lowest BCUT2D eigenvalue weighted by Crippen LogP contribution is -1.85. The minimum atomic E-state index is 0.920. The molecule has 1 rings (SSSR count). The molecule has 0 aliphatic carbocycles. The van der Waals surface area contributed by atoms with Gasteiger partial charge in [-0.25, -0.2) is 0 Å². The first-order valence-corrected chi connectivity index (χ1v) is 4.60. The van der Waals surface area contributed by atoms with Crippen LogP contribution in [0.2, 0.25) is 0 Å². The third-order valence-electron chi connectivity index (χ3n) is 1.11. The highest BCUT2D eigenvalue weighted by atomic mass is 127. The Morgan fingerprint density at radius 1 is 1.50 bits per heavy atom. The SMILES string of the molecule is COc1ccc(Br)cc1I. The van der Waals surface area contributed by atoms with Gasteiger partial charge in [-0.15, -0.1) is 0 Å². The van der Waals surface area contributed by atoms with E-state index in [4.69, 9.17) is 4.74 Å². The fourth-order valence-corrected chi connectivity index (χ4v) is 2.17. The normalized spacial score (nSPS) is 9.50. The second kappa shape index (κ2) is 3.57. The molecule has 3 heteroatoms. The third-order valence-corrected chi connectivity index (χ3v) is 2.45. The van der Waals surface area contributed by atoms with Crippen LogP contribution in [0.15, 0.2) is 22.7 Å². The number of ether oxygens (including phenoxy) is 1. The first kappa shape index (κ1) is 8.33. The van der Waals surface area contributed by atoms with Crippen LogP contribution in [-0.2, 0) is 0 Å². The molecule has 0 unspecified atom stereocenters. The maximum Gasteiger partial charge on any atom is 0.132 e. The predicted octanol–water partition coefficient (Wildman–Crippen LogP) is 3.06. The Balaban J connectivity index is 3.07. The first-order valence-electron chi connectivity index (χ1n) is 2.73. The molecule has 0 atom stereocenters. The quantitative estimate of drug-likeness (QED) is 0.724. The summed E-state index contributed by atoms with van der Waals surface area (Å²) in [6, 6.07) is 5.91. The fraction of sp³-hybridized carbons (Fsp3) is 0.143. The lowest BCUT2D eigenvalue weighted by Gasteiger charge is -2.01. The van der Waals surface area contributed by atoms with Crippen LogP contribution in [0.1, 0.15) is 0 Å². The second-order valence-corrected chi connectivity index (χ2v) is 3.86. The summed E-state index contributed by atoms with van der Waals surface area (Å²) in [6.45, 7) is 0. The molecule has 0 saturated heterocycles. The van der Waals surface area contributed by atoms with Gasteiger partial charge in [-0.1, -0.05) is 15.9 Å². The Bertz CT molecular complexity index is 237.